The SMILES string of the molecule is C=CCN(CC(=O)OCC)C(=O)Cc1ccccn1. The van der Waals surface area contributed by atoms with Gasteiger partial charge < -0.3 is 9.64 Å². The highest BCUT2D eigenvalue weighted by atomic mass is 16.5. The van der Waals surface area contributed by atoms with E-state index < -0.39 is 5.97 Å². The summed E-state index contributed by atoms with van der Waals surface area (Å²) in [6.45, 7) is 5.86. The van der Waals surface area contributed by atoms with Crippen LogP contribution in [0.15, 0.2) is 37.1 Å². The van der Waals surface area contributed by atoms with Crippen molar-refractivity contribution >= 4 is 11.9 Å². The monoisotopic (exact) mass is 262 g/mol. The minimum atomic E-state index is -0.418. The Morgan fingerprint density at radius 2 is 2.26 bits per heavy atom. The number of esters is 1. The predicted octanol–water partition coefficient (Wildman–Crippen LogP) is 1.20. The third-order valence-electron chi connectivity index (χ3n) is 2.39. The number of hydrogen-bond donors (Lipinski definition) is 0. The molecular weight excluding hydrogens is 244 g/mol. The summed E-state index contributed by atoms with van der Waals surface area (Å²) in [4.78, 5) is 29.0. The van der Waals surface area contributed by atoms with Crippen molar-refractivity contribution in [1.29, 1.82) is 0 Å². The molecule has 5 nitrogen and oxygen atoms in total. The second kappa shape index (κ2) is 8.02. The number of aromatic nitrogens is 1. The lowest BCUT2D eigenvalue weighted by Gasteiger charge is -2.19. The number of amides is 1. The van der Waals surface area contributed by atoms with Crippen LogP contribution in [0.1, 0.15) is 12.6 Å². The highest BCUT2D eigenvalue weighted by Crippen LogP contribution is 2.01. The van der Waals surface area contributed by atoms with Crippen LogP contribution < -0.4 is 0 Å². The standard InChI is InChI=1S/C14H18N2O3/c1-3-9-16(11-14(18)19-4-2)13(17)10-12-7-5-6-8-15-12/h3,5-8H,1,4,9-11H2,2H3. The second-order valence-corrected chi connectivity index (χ2v) is 3.87. The predicted molar refractivity (Wildman–Crippen MR) is 71.4 cm³/mol. The van der Waals surface area contributed by atoms with Gasteiger partial charge in [0.05, 0.1) is 13.0 Å². The highest BCUT2D eigenvalue weighted by Gasteiger charge is 2.17. The van der Waals surface area contributed by atoms with Gasteiger partial charge >= 0.3 is 5.97 Å². The lowest BCUT2D eigenvalue weighted by Crippen LogP contribution is -2.37. The van der Waals surface area contributed by atoms with E-state index in [1.165, 1.54) is 4.90 Å². The van der Waals surface area contributed by atoms with Gasteiger partial charge in [0.2, 0.25) is 5.91 Å². The van der Waals surface area contributed by atoms with Gasteiger partial charge in [-0.3, -0.25) is 14.6 Å². The molecule has 0 saturated carbocycles. The van der Waals surface area contributed by atoms with Crippen molar-refractivity contribution in [3.63, 3.8) is 0 Å². The largest absolute Gasteiger partial charge is 0.465 e. The smallest absolute Gasteiger partial charge is 0.325 e. The van der Waals surface area contributed by atoms with Crippen LogP contribution in [-0.2, 0) is 20.7 Å². The Bertz CT molecular complexity index is 432. The maximum atomic E-state index is 12.1. The Labute approximate surface area is 112 Å². The summed E-state index contributed by atoms with van der Waals surface area (Å²) < 4.78 is 4.84. The molecule has 1 amide bonds. The summed E-state index contributed by atoms with van der Waals surface area (Å²) in [6, 6.07) is 5.38. The van der Waals surface area contributed by atoms with Gasteiger partial charge in [0.1, 0.15) is 6.54 Å². The molecular formula is C14H18N2O3. The van der Waals surface area contributed by atoms with E-state index in [0.717, 1.165) is 0 Å². The molecule has 102 valence electrons. The highest BCUT2D eigenvalue weighted by molar-refractivity contribution is 5.83. The van der Waals surface area contributed by atoms with E-state index in [0.29, 0.717) is 18.8 Å². The molecule has 5 heteroatoms. The van der Waals surface area contributed by atoms with Gasteiger partial charge in [0.15, 0.2) is 0 Å². The molecule has 19 heavy (non-hydrogen) atoms. The van der Waals surface area contributed by atoms with Gasteiger partial charge in [0, 0.05) is 18.4 Å². The molecule has 1 aromatic heterocycles. The normalized spacial score (nSPS) is 9.74. The van der Waals surface area contributed by atoms with Crippen molar-refractivity contribution < 1.29 is 14.3 Å². The van der Waals surface area contributed by atoms with Crippen molar-refractivity contribution in [2.45, 2.75) is 13.3 Å². The Morgan fingerprint density at radius 3 is 2.84 bits per heavy atom. The van der Waals surface area contributed by atoms with Crippen molar-refractivity contribution in [1.82, 2.24) is 9.88 Å². The van der Waals surface area contributed by atoms with Crippen molar-refractivity contribution in [2.24, 2.45) is 0 Å². The zero-order valence-corrected chi connectivity index (χ0v) is 11.0. The maximum Gasteiger partial charge on any atom is 0.325 e. The number of hydrogen-bond acceptors (Lipinski definition) is 4. The molecule has 0 aromatic carbocycles. The molecule has 0 spiro atoms. The topological polar surface area (TPSA) is 59.5 Å². The van der Waals surface area contributed by atoms with E-state index in [1.54, 1.807) is 31.3 Å². The van der Waals surface area contributed by atoms with Crippen LogP contribution in [0.2, 0.25) is 0 Å². The van der Waals surface area contributed by atoms with E-state index in [4.69, 9.17) is 4.74 Å². The first kappa shape index (κ1) is 14.9. The lowest BCUT2D eigenvalue weighted by atomic mass is 10.2. The van der Waals surface area contributed by atoms with Crippen molar-refractivity contribution in [3.8, 4) is 0 Å². The van der Waals surface area contributed by atoms with Gasteiger partial charge in [-0.2, -0.15) is 0 Å². The van der Waals surface area contributed by atoms with E-state index >= 15 is 0 Å². The fourth-order valence-electron chi connectivity index (χ4n) is 1.54. The van der Waals surface area contributed by atoms with Gasteiger partial charge in [-0.25, -0.2) is 0 Å². The average Bonchev–Trinajstić information content (AvgIpc) is 2.39. The van der Waals surface area contributed by atoms with Crippen LogP contribution >= 0.6 is 0 Å². The Morgan fingerprint density at radius 1 is 1.47 bits per heavy atom. The summed E-state index contributed by atoms with van der Waals surface area (Å²) in [6.07, 6.45) is 3.37. The molecule has 0 aliphatic rings. The average molecular weight is 262 g/mol. The summed E-state index contributed by atoms with van der Waals surface area (Å²) in [5, 5.41) is 0. The number of carbonyl (C=O) groups excluding carboxylic acids is 2. The van der Waals surface area contributed by atoms with Gasteiger partial charge in [-0.05, 0) is 19.1 Å². The van der Waals surface area contributed by atoms with Crippen LogP contribution in [0.5, 0.6) is 0 Å². The first-order valence-electron chi connectivity index (χ1n) is 6.11. The van der Waals surface area contributed by atoms with Crippen LogP contribution in [0.4, 0.5) is 0 Å². The Balaban J connectivity index is 2.62. The Hall–Kier alpha value is -2.17. The van der Waals surface area contributed by atoms with Gasteiger partial charge in [-0.1, -0.05) is 12.1 Å². The van der Waals surface area contributed by atoms with Crippen LogP contribution in [-0.4, -0.2) is 41.5 Å². The van der Waals surface area contributed by atoms with Crippen LogP contribution in [0.25, 0.3) is 0 Å². The third-order valence-corrected chi connectivity index (χ3v) is 2.39. The quantitative estimate of drug-likeness (QED) is 0.547. The molecule has 0 radical (unpaired) electrons. The molecule has 0 N–H and O–H groups in total. The van der Waals surface area contributed by atoms with Gasteiger partial charge in [0.25, 0.3) is 0 Å². The van der Waals surface area contributed by atoms with Crippen molar-refractivity contribution in [3.05, 3.63) is 42.7 Å². The third kappa shape index (κ3) is 5.33. The molecule has 1 aromatic rings. The van der Waals surface area contributed by atoms with Crippen LogP contribution in [0.3, 0.4) is 0 Å². The van der Waals surface area contributed by atoms with Gasteiger partial charge in [-0.15, -0.1) is 6.58 Å². The van der Waals surface area contributed by atoms with E-state index in [-0.39, 0.29) is 18.9 Å². The number of nitrogens with zero attached hydrogens (tertiary/aromatic N) is 2. The summed E-state index contributed by atoms with van der Waals surface area (Å²) in [5.41, 5.74) is 0.672. The van der Waals surface area contributed by atoms with E-state index in [2.05, 4.69) is 11.6 Å². The number of rotatable bonds is 7. The second-order valence-electron chi connectivity index (χ2n) is 3.87. The number of ether oxygens (including phenoxy) is 1. The van der Waals surface area contributed by atoms with E-state index in [9.17, 15) is 9.59 Å². The first-order chi connectivity index (χ1) is 9.17. The molecule has 0 unspecified atom stereocenters. The molecule has 0 aliphatic carbocycles. The molecule has 0 fully saturated rings. The van der Waals surface area contributed by atoms with Crippen LogP contribution in [0, 0.1) is 0 Å². The molecule has 0 saturated heterocycles. The molecule has 0 bridgehead atoms. The summed E-state index contributed by atoms with van der Waals surface area (Å²) >= 11 is 0. The number of pyridine rings is 1. The zero-order valence-electron chi connectivity index (χ0n) is 11.0. The lowest BCUT2D eigenvalue weighted by molar-refractivity contribution is -0.148. The fourth-order valence-corrected chi connectivity index (χ4v) is 1.54. The molecule has 0 aliphatic heterocycles. The Kier molecular flexibility index (Phi) is 6.29. The maximum absolute atomic E-state index is 12.1. The zero-order chi connectivity index (χ0) is 14.1. The minimum Gasteiger partial charge on any atom is -0.465 e. The fraction of sp³-hybridized carbons (Fsp3) is 0.357. The van der Waals surface area contributed by atoms with Crippen molar-refractivity contribution in [2.75, 3.05) is 19.7 Å². The molecule has 1 heterocycles. The molecule has 0 atom stereocenters. The molecule has 1 rings (SSSR count). The summed E-state index contributed by atoms with van der Waals surface area (Å²) in [5.74, 6) is -0.592. The first-order valence-corrected chi connectivity index (χ1v) is 6.11. The minimum absolute atomic E-state index is 0.0640. The van der Waals surface area contributed by atoms with E-state index in [1.807, 2.05) is 6.07 Å². The summed E-state index contributed by atoms with van der Waals surface area (Å²) in [7, 11) is 0. The number of carbonyl (C=O) groups is 2.